The highest BCUT2D eigenvalue weighted by Gasteiger charge is 1.58. The Labute approximate surface area is 25.1 Å². The number of hydrogen-bond acceptors (Lipinski definition) is 1. The van der Waals surface area contributed by atoms with Gasteiger partial charge in [0.1, 0.15) is 7.85 Å². The van der Waals surface area contributed by atoms with E-state index in [1.807, 2.05) is 0 Å². The molecule has 0 aliphatic rings. The second kappa shape index (κ2) is 2.95. The topological polar surface area (TPSA) is 9.23 Å². The number of hydrogen-bond donors (Lipinski definition) is 0. The summed E-state index contributed by atoms with van der Waals surface area (Å²) in [5, 5.41) is 0. The molecule has 22 valence electrons. The van der Waals surface area contributed by atoms with E-state index in [9.17, 15) is 4.53 Å². The Morgan fingerprint density at radius 1 is 2.00 bits per heavy atom. The van der Waals surface area contributed by atoms with Crippen molar-refractivity contribution in [3.63, 3.8) is 0 Å². The van der Waals surface area contributed by atoms with Crippen molar-refractivity contribution in [2.24, 2.45) is 0 Å². The molecule has 0 unspecified atom stereocenters. The molecule has 0 amide bonds. The zero-order chi connectivity index (χ0) is 3.41. The molecule has 0 saturated heterocycles. The minimum Gasteiger partial charge on any atom is -0.204 e. The summed E-state index contributed by atoms with van der Waals surface area (Å²) in [5.74, 6) is 0. The molecule has 3 heteroatoms. The number of rotatable bonds is 1. The van der Waals surface area contributed by atoms with Crippen molar-refractivity contribution in [2.75, 3.05) is 6.51 Å². The first kappa shape index (κ1) is 3.95. The molecule has 0 aliphatic carbocycles. The molecule has 0 heterocycles. The molecule has 0 atom stereocenters. The van der Waals surface area contributed by atoms with Crippen molar-refractivity contribution < 1.29 is 9.47 Å². The van der Waals surface area contributed by atoms with Gasteiger partial charge in [-0.1, -0.05) is 0 Å². The van der Waals surface area contributed by atoms with E-state index in [0.717, 1.165) is 0 Å². The lowest BCUT2D eigenvalue weighted by Crippen LogP contribution is -1.75. The Bertz CT molecular complexity index is 10.0. The first-order valence-electron chi connectivity index (χ1n) is 0.851. The monoisotopic (exact) mass is 60.0 g/mol. The minimum atomic E-state index is -0.347. The van der Waals surface area contributed by atoms with Gasteiger partial charge in [-0.3, -0.25) is 0 Å². The van der Waals surface area contributed by atoms with Crippen LogP contribution < -0.4 is 0 Å². The van der Waals surface area contributed by atoms with Crippen LogP contribution in [0.5, 0.6) is 0 Å². The van der Waals surface area contributed by atoms with Crippen molar-refractivity contribution in [3.05, 3.63) is 0 Å². The Morgan fingerprint density at radius 3 is 2.25 bits per heavy atom. The molecular weight excluding hydrogens is 57.8 g/mol. The van der Waals surface area contributed by atoms with E-state index >= 15 is 0 Å². The highest BCUT2D eigenvalue weighted by Crippen LogP contribution is 1.58. The molecule has 0 aromatic rings. The van der Waals surface area contributed by atoms with E-state index in [4.69, 9.17) is 0 Å². The Kier molecular flexibility index (Phi) is 2.92. The maximum absolute atomic E-state index is 10.1. The van der Waals surface area contributed by atoms with Crippen LogP contribution >= 0.6 is 0 Å². The second-order valence-corrected chi connectivity index (χ2v) is 0.276. The molecular formula is CH2BFO. The van der Waals surface area contributed by atoms with Crippen LogP contribution in [-0.4, -0.2) is 14.4 Å². The van der Waals surface area contributed by atoms with Crippen molar-refractivity contribution in [1.29, 1.82) is 0 Å². The Morgan fingerprint density at radius 2 is 2.25 bits per heavy atom. The van der Waals surface area contributed by atoms with Crippen molar-refractivity contribution in [2.45, 2.75) is 0 Å². The van der Waals surface area contributed by atoms with Gasteiger partial charge in [0.25, 0.3) is 0 Å². The first-order chi connectivity index (χ1) is 1.91. The predicted molar refractivity (Wildman–Crippen MR) is 12.8 cm³/mol. The van der Waals surface area contributed by atoms with Crippen LogP contribution in [0.1, 0.15) is 0 Å². The molecule has 1 nitrogen and oxygen atoms in total. The van der Waals surface area contributed by atoms with Crippen LogP contribution in [0.15, 0.2) is 0 Å². The molecule has 0 rings (SSSR count). The van der Waals surface area contributed by atoms with E-state index in [0.29, 0.717) is 0 Å². The highest BCUT2D eigenvalue weighted by atomic mass is 19.3. The average Bonchev–Trinajstić information content (AvgIpc) is 1.37. The van der Waals surface area contributed by atoms with Crippen LogP contribution in [0.25, 0.3) is 0 Å². The SMILES string of the molecule is [B]COF. The largest absolute Gasteiger partial charge is 0.204 e. The maximum atomic E-state index is 10.1. The molecule has 0 bridgehead atoms. The van der Waals surface area contributed by atoms with Crippen LogP contribution in [0.2, 0.25) is 0 Å². The summed E-state index contributed by atoms with van der Waals surface area (Å²) < 4.78 is 10.1. The van der Waals surface area contributed by atoms with Crippen LogP contribution in [0, 0.1) is 0 Å². The highest BCUT2D eigenvalue weighted by molar-refractivity contribution is 6.08. The van der Waals surface area contributed by atoms with E-state index in [1.165, 1.54) is 0 Å². The fourth-order valence-electron chi connectivity index (χ4n) is 0. The van der Waals surface area contributed by atoms with E-state index in [-0.39, 0.29) is 6.51 Å². The van der Waals surface area contributed by atoms with Crippen LogP contribution in [0.4, 0.5) is 4.53 Å². The smallest absolute Gasteiger partial charge is 0.109 e. The van der Waals surface area contributed by atoms with Gasteiger partial charge in [0, 0.05) is 6.51 Å². The van der Waals surface area contributed by atoms with Gasteiger partial charge in [0.15, 0.2) is 0 Å². The van der Waals surface area contributed by atoms with Crippen molar-refractivity contribution in [3.8, 4) is 0 Å². The summed E-state index contributed by atoms with van der Waals surface area (Å²) in [6.07, 6.45) is 0. The zero-order valence-corrected chi connectivity index (χ0v) is 2.07. The van der Waals surface area contributed by atoms with Gasteiger partial charge < -0.3 is 0 Å². The van der Waals surface area contributed by atoms with Gasteiger partial charge in [0.2, 0.25) is 0 Å². The molecule has 0 spiro atoms. The summed E-state index contributed by atoms with van der Waals surface area (Å²) in [6.45, 7) is -0.347. The molecule has 0 aliphatic heterocycles. The molecule has 2 radical (unpaired) electrons. The lowest BCUT2D eigenvalue weighted by Gasteiger charge is -1.68. The summed E-state index contributed by atoms with van der Waals surface area (Å²) in [6, 6.07) is 0. The zero-order valence-electron chi connectivity index (χ0n) is 2.07. The van der Waals surface area contributed by atoms with Gasteiger partial charge in [-0.15, -0.1) is 0 Å². The van der Waals surface area contributed by atoms with E-state index < -0.39 is 0 Å². The normalized spacial score (nSPS) is 7.25. The average molecular weight is 59.8 g/mol. The van der Waals surface area contributed by atoms with Gasteiger partial charge in [0.05, 0.1) is 0 Å². The number of halogens is 1. The summed E-state index contributed by atoms with van der Waals surface area (Å²) in [7, 11) is 4.43. The lowest BCUT2D eigenvalue weighted by molar-refractivity contribution is -0.108. The Hall–Kier alpha value is -0.0451. The third-order valence-corrected chi connectivity index (χ3v) is 0.0630. The summed E-state index contributed by atoms with van der Waals surface area (Å²) >= 11 is 0. The quantitative estimate of drug-likeness (QED) is 0.387. The van der Waals surface area contributed by atoms with Crippen LogP contribution in [0.3, 0.4) is 0 Å². The third kappa shape index (κ3) is 1.95. The molecule has 0 fully saturated rings. The van der Waals surface area contributed by atoms with Crippen LogP contribution in [-0.2, 0) is 4.94 Å². The van der Waals surface area contributed by atoms with Crippen molar-refractivity contribution in [1.82, 2.24) is 0 Å². The fraction of sp³-hybridized carbons (Fsp3) is 1.00. The summed E-state index contributed by atoms with van der Waals surface area (Å²) in [4.78, 5) is 2.82. The minimum absolute atomic E-state index is 0.347. The van der Waals surface area contributed by atoms with Gasteiger partial charge >= 0.3 is 0 Å². The standard InChI is InChI=1S/CH2BFO/c2-1-4-3/h1H2. The van der Waals surface area contributed by atoms with Gasteiger partial charge in [-0.2, -0.15) is 0 Å². The first-order valence-corrected chi connectivity index (χ1v) is 0.851. The molecule has 0 aromatic heterocycles. The molecule has 4 heavy (non-hydrogen) atoms. The van der Waals surface area contributed by atoms with Crippen molar-refractivity contribution >= 4 is 7.85 Å². The lowest BCUT2D eigenvalue weighted by atomic mass is 10.2. The maximum Gasteiger partial charge on any atom is 0.109 e. The molecule has 0 N–H and O–H groups in total. The second-order valence-electron chi connectivity index (χ2n) is 0.276. The fourth-order valence-corrected chi connectivity index (χ4v) is 0. The third-order valence-electron chi connectivity index (χ3n) is 0.0630. The molecule has 0 saturated carbocycles. The van der Waals surface area contributed by atoms with Gasteiger partial charge in [-0.05, 0) is 4.53 Å². The Balaban J connectivity index is 1.97. The van der Waals surface area contributed by atoms with E-state index in [1.54, 1.807) is 0 Å². The molecule has 0 aromatic carbocycles. The summed E-state index contributed by atoms with van der Waals surface area (Å²) in [5.41, 5.74) is 0. The van der Waals surface area contributed by atoms with E-state index in [2.05, 4.69) is 12.8 Å². The predicted octanol–water partition coefficient (Wildman–Crippen LogP) is 0.0135. The van der Waals surface area contributed by atoms with Gasteiger partial charge in [-0.25, -0.2) is 4.94 Å².